The van der Waals surface area contributed by atoms with Gasteiger partial charge in [-0.15, -0.1) is 5.10 Å². The van der Waals surface area contributed by atoms with Crippen molar-refractivity contribution in [3.05, 3.63) is 93.4 Å². The molecule has 0 saturated carbocycles. The Morgan fingerprint density at radius 3 is 2.52 bits per heavy atom. The molecule has 0 N–H and O–H groups in total. The summed E-state index contributed by atoms with van der Waals surface area (Å²) < 4.78 is 12.4. The smallest absolute Gasteiger partial charge is 0.437 e. The van der Waals surface area contributed by atoms with Crippen LogP contribution in [0.15, 0.2) is 75.9 Å². The van der Waals surface area contributed by atoms with Crippen molar-refractivity contribution in [3.8, 4) is 28.3 Å². The zero-order chi connectivity index (χ0) is 21.5. The van der Waals surface area contributed by atoms with E-state index in [9.17, 15) is 4.79 Å². The highest BCUT2D eigenvalue weighted by molar-refractivity contribution is 6.32. The zero-order valence-corrected chi connectivity index (χ0v) is 18.0. The topological polar surface area (TPSA) is 57.3 Å². The summed E-state index contributed by atoms with van der Waals surface area (Å²) in [5.41, 5.74) is 5.48. The van der Waals surface area contributed by atoms with Gasteiger partial charge in [-0.05, 0) is 54.3 Å². The normalized spacial score (nSPS) is 14.5. The van der Waals surface area contributed by atoms with E-state index in [2.05, 4.69) is 35.4 Å². The molecule has 0 fully saturated rings. The van der Waals surface area contributed by atoms with Crippen molar-refractivity contribution in [1.82, 2.24) is 9.78 Å². The third-order valence-electron chi connectivity index (χ3n) is 5.36. The maximum Gasteiger partial charge on any atom is 0.437 e. The van der Waals surface area contributed by atoms with Gasteiger partial charge < -0.3 is 9.15 Å². The molecule has 1 heterocycles. The average Bonchev–Trinajstić information content (AvgIpc) is 3.32. The van der Waals surface area contributed by atoms with E-state index < -0.39 is 5.76 Å². The van der Waals surface area contributed by atoms with E-state index in [4.69, 9.17) is 20.8 Å². The van der Waals surface area contributed by atoms with Crippen molar-refractivity contribution >= 4 is 11.6 Å². The summed E-state index contributed by atoms with van der Waals surface area (Å²) in [5.74, 6) is 0.538. The standard InChI is InChI=1S/C25H21ClN2O3/c1-15(2)30-23-11-9-18(13-22(23)26)24-27-28(25(29)31-24)14-21-19-10-8-17(12-20(19)21)16-6-4-3-5-7-16/h3-13,15,21H,14H2,1-2H3. The van der Waals surface area contributed by atoms with Gasteiger partial charge in [0.15, 0.2) is 0 Å². The third kappa shape index (κ3) is 3.89. The van der Waals surface area contributed by atoms with Crippen LogP contribution in [0, 0.1) is 0 Å². The second-order valence-electron chi connectivity index (χ2n) is 7.93. The van der Waals surface area contributed by atoms with Crippen LogP contribution in [0.25, 0.3) is 22.6 Å². The van der Waals surface area contributed by atoms with Gasteiger partial charge in [-0.3, -0.25) is 0 Å². The zero-order valence-electron chi connectivity index (χ0n) is 17.2. The van der Waals surface area contributed by atoms with Gasteiger partial charge in [-0.2, -0.15) is 4.68 Å². The lowest BCUT2D eigenvalue weighted by molar-refractivity contribution is 0.242. The molecule has 1 aliphatic rings. The molecular weight excluding hydrogens is 412 g/mol. The van der Waals surface area contributed by atoms with Gasteiger partial charge in [0.2, 0.25) is 5.89 Å². The number of nitrogens with zero attached hydrogens (tertiary/aromatic N) is 2. The number of rotatable bonds is 6. The number of ether oxygens (including phenoxy) is 1. The first-order valence-electron chi connectivity index (χ1n) is 10.2. The lowest BCUT2D eigenvalue weighted by Crippen LogP contribution is -2.16. The van der Waals surface area contributed by atoms with Crippen LogP contribution >= 0.6 is 11.6 Å². The second kappa shape index (κ2) is 7.75. The van der Waals surface area contributed by atoms with E-state index >= 15 is 0 Å². The maximum atomic E-state index is 12.4. The van der Waals surface area contributed by atoms with Crippen LogP contribution < -0.4 is 10.5 Å². The van der Waals surface area contributed by atoms with Crippen LogP contribution in [0.5, 0.6) is 5.75 Å². The Morgan fingerprint density at radius 2 is 1.77 bits per heavy atom. The van der Waals surface area contributed by atoms with E-state index in [1.54, 1.807) is 18.2 Å². The van der Waals surface area contributed by atoms with Crippen LogP contribution in [-0.2, 0) is 6.54 Å². The molecule has 31 heavy (non-hydrogen) atoms. The minimum atomic E-state index is -0.477. The summed E-state index contributed by atoms with van der Waals surface area (Å²) in [6.07, 6.45) is 0.0167. The summed E-state index contributed by atoms with van der Waals surface area (Å²) in [6.45, 7) is 4.32. The molecule has 6 heteroatoms. The first-order valence-corrected chi connectivity index (χ1v) is 10.6. The van der Waals surface area contributed by atoms with Gasteiger partial charge in [0.25, 0.3) is 0 Å². The monoisotopic (exact) mass is 432 g/mol. The molecule has 0 bridgehead atoms. The van der Waals surface area contributed by atoms with Crippen LogP contribution in [0.4, 0.5) is 0 Å². The molecule has 0 aliphatic heterocycles. The Balaban J connectivity index is 1.34. The largest absolute Gasteiger partial charge is 0.489 e. The lowest BCUT2D eigenvalue weighted by Gasteiger charge is -2.11. The number of hydrogen-bond acceptors (Lipinski definition) is 4. The van der Waals surface area contributed by atoms with Crippen LogP contribution in [0.3, 0.4) is 0 Å². The Kier molecular flexibility index (Phi) is 4.91. The SMILES string of the molecule is CC(C)Oc1ccc(-c2nn(CC3c4ccc(-c5ccccc5)cc43)c(=O)o2)cc1Cl. The van der Waals surface area contributed by atoms with Crippen LogP contribution in [-0.4, -0.2) is 15.9 Å². The van der Waals surface area contributed by atoms with Crippen LogP contribution in [0.1, 0.15) is 30.9 Å². The Bertz CT molecular complexity index is 1310. The van der Waals surface area contributed by atoms with Gasteiger partial charge >= 0.3 is 5.76 Å². The van der Waals surface area contributed by atoms with Gasteiger partial charge in [-0.1, -0.05) is 60.1 Å². The first-order chi connectivity index (χ1) is 15.0. The van der Waals surface area contributed by atoms with Gasteiger partial charge in [-0.25, -0.2) is 4.79 Å². The minimum Gasteiger partial charge on any atom is -0.489 e. The highest BCUT2D eigenvalue weighted by Gasteiger charge is 2.34. The Labute approximate surface area is 184 Å². The summed E-state index contributed by atoms with van der Waals surface area (Å²) in [6, 6.07) is 21.9. The summed E-state index contributed by atoms with van der Waals surface area (Å²) in [7, 11) is 0. The van der Waals surface area contributed by atoms with Crippen molar-refractivity contribution in [1.29, 1.82) is 0 Å². The van der Waals surface area contributed by atoms with Crippen molar-refractivity contribution in [2.24, 2.45) is 0 Å². The third-order valence-corrected chi connectivity index (χ3v) is 5.66. The average molecular weight is 433 g/mol. The number of aromatic nitrogens is 2. The predicted molar refractivity (Wildman–Crippen MR) is 121 cm³/mol. The number of fused-ring (bicyclic) bond motifs is 1. The van der Waals surface area contributed by atoms with Gasteiger partial charge in [0.05, 0.1) is 17.7 Å². The molecule has 0 amide bonds. The molecule has 1 atom stereocenters. The van der Waals surface area contributed by atoms with Gasteiger partial charge in [0, 0.05) is 11.5 Å². The Hall–Kier alpha value is -3.31. The van der Waals surface area contributed by atoms with E-state index in [0.29, 0.717) is 22.9 Å². The molecule has 156 valence electrons. The molecule has 3 aromatic carbocycles. The minimum absolute atomic E-state index is 0.0167. The summed E-state index contributed by atoms with van der Waals surface area (Å²) in [4.78, 5) is 12.4. The number of hydrogen-bond donors (Lipinski definition) is 0. The fourth-order valence-corrected chi connectivity index (χ4v) is 4.03. The molecule has 1 aliphatic carbocycles. The molecule has 5 rings (SSSR count). The van der Waals surface area contributed by atoms with E-state index in [1.807, 2.05) is 32.0 Å². The number of benzene rings is 3. The molecule has 1 aromatic heterocycles. The molecule has 4 aromatic rings. The molecule has 0 spiro atoms. The maximum absolute atomic E-state index is 12.4. The highest BCUT2D eigenvalue weighted by Crippen LogP contribution is 2.46. The first kappa shape index (κ1) is 19.6. The van der Waals surface area contributed by atoms with Gasteiger partial charge in [0.1, 0.15) is 5.75 Å². The molecule has 0 saturated heterocycles. The van der Waals surface area contributed by atoms with E-state index in [1.165, 1.54) is 26.9 Å². The van der Waals surface area contributed by atoms with Crippen molar-refractivity contribution in [2.45, 2.75) is 32.4 Å². The molecule has 5 nitrogen and oxygen atoms in total. The van der Waals surface area contributed by atoms with E-state index in [-0.39, 0.29) is 17.9 Å². The van der Waals surface area contributed by atoms with Crippen LogP contribution in [0.2, 0.25) is 5.02 Å². The fourth-order valence-electron chi connectivity index (χ4n) is 3.80. The summed E-state index contributed by atoms with van der Waals surface area (Å²) >= 11 is 6.31. The molecule has 0 radical (unpaired) electrons. The summed E-state index contributed by atoms with van der Waals surface area (Å²) in [5, 5.41) is 4.84. The van der Waals surface area contributed by atoms with Crippen molar-refractivity contribution in [2.75, 3.05) is 0 Å². The highest BCUT2D eigenvalue weighted by atomic mass is 35.5. The van der Waals surface area contributed by atoms with Crippen molar-refractivity contribution in [3.63, 3.8) is 0 Å². The fraction of sp³-hybridized carbons (Fsp3) is 0.200. The van der Waals surface area contributed by atoms with Crippen molar-refractivity contribution < 1.29 is 9.15 Å². The predicted octanol–water partition coefficient (Wildman–Crippen LogP) is 5.76. The second-order valence-corrected chi connectivity index (χ2v) is 8.34. The molecule has 1 unspecified atom stereocenters. The lowest BCUT2D eigenvalue weighted by atomic mass is 10.1. The van der Waals surface area contributed by atoms with E-state index in [0.717, 1.165) is 0 Å². The Morgan fingerprint density at radius 1 is 1.00 bits per heavy atom. The number of halogens is 1. The molecular formula is C25H21ClN2O3. The quantitative estimate of drug-likeness (QED) is 0.389.